The van der Waals surface area contributed by atoms with E-state index >= 15 is 0 Å². The minimum Gasteiger partial charge on any atom is -0.462 e. The van der Waals surface area contributed by atoms with Crippen LogP contribution >= 0.6 is 23.6 Å². The van der Waals surface area contributed by atoms with Crippen LogP contribution in [0.15, 0.2) is 11.2 Å². The quantitative estimate of drug-likeness (QED) is 0.324. The Kier molecular flexibility index (Phi) is 6.24. The zero-order valence-corrected chi connectivity index (χ0v) is 20.0. The number of fused-ring (bicyclic) bond motifs is 1. The Labute approximate surface area is 190 Å². The van der Waals surface area contributed by atoms with Gasteiger partial charge in [-0.25, -0.2) is 4.79 Å². The highest BCUT2D eigenvalue weighted by Crippen LogP contribution is 2.39. The zero-order valence-electron chi connectivity index (χ0n) is 18.3. The molecule has 31 heavy (non-hydrogen) atoms. The van der Waals surface area contributed by atoms with E-state index in [1.54, 1.807) is 22.2 Å². The lowest BCUT2D eigenvalue weighted by molar-refractivity contribution is 0.0525. The predicted octanol–water partition coefficient (Wildman–Crippen LogP) is 4.91. The maximum atomic E-state index is 12.9. The summed E-state index contributed by atoms with van der Waals surface area (Å²) in [5.41, 5.74) is 4.96. The number of aromatic nitrogens is 4. The van der Waals surface area contributed by atoms with Crippen LogP contribution in [0.25, 0.3) is 5.00 Å². The summed E-state index contributed by atoms with van der Waals surface area (Å²) in [4.78, 5) is 14.2. The molecular weight excluding hydrogens is 430 g/mol. The van der Waals surface area contributed by atoms with Crippen molar-refractivity contribution in [3.63, 3.8) is 0 Å². The number of rotatable bonds is 6. The van der Waals surface area contributed by atoms with Crippen LogP contribution in [0.3, 0.4) is 0 Å². The fraction of sp³-hybridized carbons (Fsp3) is 0.455. The van der Waals surface area contributed by atoms with Crippen molar-refractivity contribution in [2.24, 2.45) is 5.10 Å². The SMILES string of the molecule is CCOC(=O)c1c(-n2c(C)cc(/C=N\n3c(CC)n[nH]c3=S)c2C)sc2c1CCCC2. The fourth-order valence-electron chi connectivity index (χ4n) is 4.15. The normalized spacial score (nSPS) is 13.7. The minimum absolute atomic E-state index is 0.225. The van der Waals surface area contributed by atoms with Crippen LogP contribution in [0.4, 0.5) is 0 Å². The van der Waals surface area contributed by atoms with Crippen molar-refractivity contribution in [1.29, 1.82) is 0 Å². The molecule has 9 heteroatoms. The first kappa shape index (κ1) is 21.7. The highest BCUT2D eigenvalue weighted by molar-refractivity contribution is 7.71. The van der Waals surface area contributed by atoms with Gasteiger partial charge < -0.3 is 9.30 Å². The van der Waals surface area contributed by atoms with E-state index in [1.807, 2.05) is 13.8 Å². The number of aromatic amines is 1. The molecule has 0 aromatic carbocycles. The van der Waals surface area contributed by atoms with Crippen molar-refractivity contribution in [1.82, 2.24) is 19.4 Å². The van der Waals surface area contributed by atoms with E-state index in [2.05, 4.69) is 39.8 Å². The van der Waals surface area contributed by atoms with Gasteiger partial charge in [-0.1, -0.05) is 6.92 Å². The average molecular weight is 458 g/mol. The van der Waals surface area contributed by atoms with Crippen molar-refractivity contribution < 1.29 is 9.53 Å². The molecule has 0 amide bonds. The van der Waals surface area contributed by atoms with Gasteiger partial charge in [0.25, 0.3) is 0 Å². The zero-order chi connectivity index (χ0) is 22.1. The van der Waals surface area contributed by atoms with Crippen LogP contribution in [0.2, 0.25) is 0 Å². The monoisotopic (exact) mass is 457 g/mol. The van der Waals surface area contributed by atoms with Crippen LogP contribution in [0, 0.1) is 18.6 Å². The molecule has 1 aliphatic carbocycles. The van der Waals surface area contributed by atoms with E-state index in [1.165, 1.54) is 16.9 Å². The van der Waals surface area contributed by atoms with Gasteiger partial charge in [0, 0.05) is 28.2 Å². The summed E-state index contributed by atoms with van der Waals surface area (Å²) in [7, 11) is 0. The van der Waals surface area contributed by atoms with E-state index in [-0.39, 0.29) is 5.97 Å². The van der Waals surface area contributed by atoms with Gasteiger partial charge in [-0.05, 0) is 70.3 Å². The van der Waals surface area contributed by atoms with Gasteiger partial charge in [0.2, 0.25) is 4.77 Å². The van der Waals surface area contributed by atoms with E-state index in [9.17, 15) is 4.79 Å². The molecule has 164 valence electrons. The first-order valence-corrected chi connectivity index (χ1v) is 11.9. The van der Waals surface area contributed by atoms with E-state index in [4.69, 9.17) is 17.0 Å². The second kappa shape index (κ2) is 8.92. The number of H-pyrrole nitrogens is 1. The fourth-order valence-corrected chi connectivity index (χ4v) is 5.83. The molecule has 3 heterocycles. The molecule has 0 atom stereocenters. The number of carbonyl (C=O) groups is 1. The lowest BCUT2D eigenvalue weighted by Gasteiger charge is -2.13. The number of aryl methyl sites for hydroxylation is 3. The summed E-state index contributed by atoms with van der Waals surface area (Å²) in [6.45, 7) is 8.34. The van der Waals surface area contributed by atoms with Crippen molar-refractivity contribution in [3.8, 4) is 5.00 Å². The summed E-state index contributed by atoms with van der Waals surface area (Å²) in [5, 5.41) is 12.5. The molecule has 0 fully saturated rings. The highest BCUT2D eigenvalue weighted by Gasteiger charge is 2.28. The molecule has 0 bridgehead atoms. The van der Waals surface area contributed by atoms with Gasteiger partial charge >= 0.3 is 5.97 Å². The highest BCUT2D eigenvalue weighted by atomic mass is 32.1. The molecule has 4 rings (SSSR count). The van der Waals surface area contributed by atoms with Crippen molar-refractivity contribution in [2.45, 2.75) is 59.8 Å². The largest absolute Gasteiger partial charge is 0.462 e. The number of nitrogens with one attached hydrogen (secondary N) is 1. The molecule has 1 N–H and O–H groups in total. The Bertz CT molecular complexity index is 1210. The van der Waals surface area contributed by atoms with Crippen LogP contribution in [0.5, 0.6) is 0 Å². The second-order valence-corrected chi connectivity index (χ2v) is 9.10. The lowest BCUT2D eigenvalue weighted by atomic mass is 9.95. The number of thiophene rings is 1. The summed E-state index contributed by atoms with van der Waals surface area (Å²) in [6.07, 6.45) is 6.78. The van der Waals surface area contributed by atoms with Crippen molar-refractivity contribution in [2.75, 3.05) is 6.61 Å². The third-order valence-electron chi connectivity index (χ3n) is 5.65. The smallest absolute Gasteiger partial charge is 0.341 e. The standard InChI is InChI=1S/C22H27N5O2S2/c1-5-18-24-25-22(30)27(18)23-12-15-11-13(3)26(14(15)4)20-19(21(28)29-6-2)16-9-7-8-10-17(16)31-20/h11-12H,5-10H2,1-4H3,(H,25,30)/b23-12-. The summed E-state index contributed by atoms with van der Waals surface area (Å²) < 4.78 is 9.72. The Morgan fingerprint density at radius 2 is 2.13 bits per heavy atom. The Morgan fingerprint density at radius 3 is 2.87 bits per heavy atom. The maximum Gasteiger partial charge on any atom is 0.341 e. The van der Waals surface area contributed by atoms with Crippen molar-refractivity contribution >= 4 is 35.7 Å². The number of hydrogen-bond acceptors (Lipinski definition) is 6. The number of ether oxygens (including phenoxy) is 1. The van der Waals surface area contributed by atoms with Crippen LogP contribution in [-0.4, -0.2) is 38.2 Å². The van der Waals surface area contributed by atoms with Gasteiger partial charge in [-0.15, -0.1) is 11.3 Å². The first-order chi connectivity index (χ1) is 15.0. The molecule has 0 radical (unpaired) electrons. The van der Waals surface area contributed by atoms with Gasteiger partial charge in [-0.3, -0.25) is 5.10 Å². The molecule has 0 aliphatic heterocycles. The topological polar surface area (TPSA) is 77.2 Å². The minimum atomic E-state index is -0.225. The summed E-state index contributed by atoms with van der Waals surface area (Å²) in [6, 6.07) is 2.09. The van der Waals surface area contributed by atoms with Gasteiger partial charge in [0.1, 0.15) is 5.00 Å². The number of nitrogens with zero attached hydrogens (tertiary/aromatic N) is 4. The molecule has 0 saturated carbocycles. The van der Waals surface area contributed by atoms with E-state index < -0.39 is 0 Å². The van der Waals surface area contributed by atoms with Crippen molar-refractivity contribution in [3.05, 3.63) is 49.6 Å². The third-order valence-corrected chi connectivity index (χ3v) is 7.19. The predicted molar refractivity (Wildman–Crippen MR) is 126 cm³/mol. The van der Waals surface area contributed by atoms with Crippen LogP contribution < -0.4 is 0 Å². The number of carbonyl (C=O) groups excluding carboxylic acids is 1. The maximum absolute atomic E-state index is 12.9. The Hall–Kier alpha value is -2.52. The van der Waals surface area contributed by atoms with Crippen LogP contribution in [0.1, 0.15) is 70.3 Å². The third kappa shape index (κ3) is 3.92. The van der Waals surface area contributed by atoms with Crippen LogP contribution in [-0.2, 0) is 24.0 Å². The van der Waals surface area contributed by atoms with Gasteiger partial charge in [0.15, 0.2) is 5.82 Å². The molecule has 0 unspecified atom stereocenters. The van der Waals surface area contributed by atoms with E-state index in [0.29, 0.717) is 11.4 Å². The molecular formula is C22H27N5O2S2. The number of esters is 1. The average Bonchev–Trinajstić information content (AvgIpc) is 3.39. The summed E-state index contributed by atoms with van der Waals surface area (Å²) >= 11 is 7.01. The van der Waals surface area contributed by atoms with Gasteiger partial charge in [0.05, 0.1) is 18.4 Å². The second-order valence-electron chi connectivity index (χ2n) is 7.63. The summed E-state index contributed by atoms with van der Waals surface area (Å²) in [5.74, 6) is 0.558. The molecule has 3 aromatic heterocycles. The molecule has 0 spiro atoms. The van der Waals surface area contributed by atoms with Gasteiger partial charge in [-0.2, -0.15) is 14.9 Å². The number of hydrogen-bond donors (Lipinski definition) is 1. The molecule has 7 nitrogen and oxygen atoms in total. The van der Waals surface area contributed by atoms with E-state index in [0.717, 1.165) is 59.0 Å². The molecule has 3 aromatic rings. The Morgan fingerprint density at radius 1 is 1.35 bits per heavy atom. The molecule has 1 aliphatic rings. The Balaban J connectivity index is 1.80. The molecule has 0 saturated heterocycles. The lowest BCUT2D eigenvalue weighted by Crippen LogP contribution is -2.12. The first-order valence-electron chi connectivity index (χ1n) is 10.7.